The molecule has 0 saturated heterocycles. The Morgan fingerprint density at radius 1 is 0.375 bits per heavy atom. The van der Waals surface area contributed by atoms with Crippen molar-refractivity contribution in [2.45, 2.75) is 0 Å². The van der Waals surface area contributed by atoms with Gasteiger partial charge in [0, 0.05) is 59.5 Å². The summed E-state index contributed by atoms with van der Waals surface area (Å²) in [6, 6.07) is 23.3. The normalized spacial score (nSPS) is 14.5. The molecule has 6 nitrogen and oxygen atoms in total. The molecule has 0 saturated carbocycles. The molecule has 0 spiro atoms. The maximum Gasteiger partial charge on any atom is 0.178 e. The molecular formula is C26H18N6. The molecule has 1 aliphatic rings. The van der Waals surface area contributed by atoms with Crippen molar-refractivity contribution in [3.05, 3.63) is 107 Å². The Morgan fingerprint density at radius 3 is 1.16 bits per heavy atom. The minimum atomic E-state index is 0.542. The van der Waals surface area contributed by atoms with Crippen LogP contribution in [-0.4, -0.2) is 34.8 Å². The van der Waals surface area contributed by atoms with E-state index in [1.54, 1.807) is 37.3 Å². The van der Waals surface area contributed by atoms with Crippen LogP contribution in [0.4, 0.5) is 23.0 Å². The zero-order valence-electron chi connectivity index (χ0n) is 17.1. The molecule has 0 amide bonds. The maximum absolute atomic E-state index is 4.66. The third-order valence-electron chi connectivity index (χ3n) is 4.86. The molecule has 4 aromatic rings. The molecule has 0 bridgehead atoms. The zero-order valence-corrected chi connectivity index (χ0v) is 17.1. The smallest absolute Gasteiger partial charge is 0.178 e. The van der Waals surface area contributed by atoms with Gasteiger partial charge in [0.15, 0.2) is 11.6 Å². The van der Waals surface area contributed by atoms with Crippen molar-refractivity contribution in [3.8, 4) is 0 Å². The van der Waals surface area contributed by atoms with Gasteiger partial charge in [-0.05, 0) is 24.3 Å². The summed E-state index contributed by atoms with van der Waals surface area (Å²) in [7, 11) is 0. The lowest BCUT2D eigenvalue weighted by molar-refractivity contribution is 1.26. The standard InChI is InChI=1S/C26H18N6/c1-2-8-20-16-30-24-12-6-14-28-26(24)32-18-22-10-4-3-9-21(22)17-31-25-23(11-5-13-27-25)29-15-19(20)7-1/h1-18H/b19-15?,20-16?,21-17?,22-18?,29-15?,29-23?,30-16?,30-24?,31-17-,31-25?,32-18-,32-26?. The first-order valence-corrected chi connectivity index (χ1v) is 10.1. The third-order valence-corrected chi connectivity index (χ3v) is 4.86. The van der Waals surface area contributed by atoms with E-state index in [-0.39, 0.29) is 0 Å². The quantitative estimate of drug-likeness (QED) is 0.321. The SMILES string of the molecule is C1=Nc2cccnc2/N=C\c2ccccc2/C=N\c2ncccc2N=Cc2ccccc21. The number of aliphatic imine (C=N–C) groups is 4. The molecule has 0 unspecified atom stereocenters. The molecule has 0 fully saturated rings. The number of hydrogen-bond acceptors (Lipinski definition) is 6. The van der Waals surface area contributed by atoms with Crippen molar-refractivity contribution in [2.75, 3.05) is 0 Å². The first-order chi connectivity index (χ1) is 15.9. The van der Waals surface area contributed by atoms with Gasteiger partial charge in [-0.1, -0.05) is 48.5 Å². The maximum atomic E-state index is 4.66. The number of fused-ring (bicyclic) bond motifs is 4. The molecule has 2 aromatic heterocycles. The van der Waals surface area contributed by atoms with Crippen LogP contribution in [-0.2, 0) is 0 Å². The molecule has 3 heterocycles. The molecule has 0 aliphatic carbocycles. The van der Waals surface area contributed by atoms with Crippen LogP contribution >= 0.6 is 0 Å². The third kappa shape index (κ3) is 4.29. The van der Waals surface area contributed by atoms with Crippen LogP contribution < -0.4 is 0 Å². The Bertz CT molecular complexity index is 1070. The number of nitrogens with zero attached hydrogens (tertiary/aromatic N) is 6. The van der Waals surface area contributed by atoms with Gasteiger partial charge in [-0.3, -0.25) is 9.98 Å². The van der Waals surface area contributed by atoms with Crippen molar-refractivity contribution in [1.82, 2.24) is 9.97 Å². The van der Waals surface area contributed by atoms with Gasteiger partial charge < -0.3 is 0 Å². The zero-order chi connectivity index (χ0) is 21.6. The van der Waals surface area contributed by atoms with Gasteiger partial charge >= 0.3 is 0 Å². The van der Waals surface area contributed by atoms with Crippen LogP contribution in [0, 0.1) is 0 Å². The summed E-state index contributed by atoms with van der Waals surface area (Å²) in [5.74, 6) is 1.08. The summed E-state index contributed by atoms with van der Waals surface area (Å²) in [5.41, 5.74) is 5.06. The minimum Gasteiger partial charge on any atom is -0.252 e. The van der Waals surface area contributed by atoms with Crippen LogP contribution in [0.2, 0.25) is 0 Å². The highest BCUT2D eigenvalue weighted by Gasteiger charge is 2.05. The van der Waals surface area contributed by atoms with Crippen LogP contribution in [0.1, 0.15) is 22.3 Å². The second kappa shape index (κ2) is 9.06. The van der Waals surface area contributed by atoms with Crippen molar-refractivity contribution in [3.63, 3.8) is 0 Å². The van der Waals surface area contributed by atoms with Crippen LogP contribution in [0.15, 0.2) is 105 Å². The van der Waals surface area contributed by atoms with Crippen molar-refractivity contribution >= 4 is 47.9 Å². The second-order valence-corrected chi connectivity index (χ2v) is 6.98. The largest absolute Gasteiger partial charge is 0.252 e. The molecule has 32 heavy (non-hydrogen) atoms. The summed E-state index contributed by atoms with van der Waals surface area (Å²) in [4.78, 5) is 27.3. The predicted molar refractivity (Wildman–Crippen MR) is 130 cm³/mol. The van der Waals surface area contributed by atoms with E-state index < -0.39 is 0 Å². The molecule has 5 rings (SSSR count). The molecule has 0 atom stereocenters. The Hall–Kier alpha value is -4.58. The minimum absolute atomic E-state index is 0.542. The van der Waals surface area contributed by atoms with E-state index >= 15 is 0 Å². The summed E-state index contributed by atoms with van der Waals surface area (Å²) >= 11 is 0. The average Bonchev–Trinajstić information content (AvgIpc) is 2.85. The predicted octanol–water partition coefficient (Wildman–Crippen LogP) is 5.79. The van der Waals surface area contributed by atoms with Gasteiger partial charge in [0.05, 0.1) is 0 Å². The van der Waals surface area contributed by atoms with Gasteiger partial charge in [0.25, 0.3) is 0 Å². The van der Waals surface area contributed by atoms with Crippen LogP contribution in [0.25, 0.3) is 0 Å². The van der Waals surface area contributed by atoms with Crippen LogP contribution in [0.3, 0.4) is 0 Å². The van der Waals surface area contributed by atoms with E-state index in [1.165, 1.54) is 0 Å². The van der Waals surface area contributed by atoms with Gasteiger partial charge in [-0.15, -0.1) is 0 Å². The topological polar surface area (TPSA) is 75.2 Å². The van der Waals surface area contributed by atoms with Gasteiger partial charge in [0.2, 0.25) is 0 Å². The molecule has 0 radical (unpaired) electrons. The van der Waals surface area contributed by atoms with Crippen LogP contribution in [0.5, 0.6) is 0 Å². The Labute approximate surface area is 185 Å². The fraction of sp³-hybridized carbons (Fsp3) is 0. The monoisotopic (exact) mass is 414 g/mol. The molecular weight excluding hydrogens is 396 g/mol. The van der Waals surface area contributed by atoms with E-state index in [4.69, 9.17) is 0 Å². The number of aromatic nitrogens is 2. The number of benzene rings is 2. The van der Waals surface area contributed by atoms with E-state index in [1.807, 2.05) is 72.8 Å². The highest BCUT2D eigenvalue weighted by atomic mass is 14.9. The van der Waals surface area contributed by atoms with Crippen molar-refractivity contribution in [1.29, 1.82) is 0 Å². The molecule has 2 aromatic carbocycles. The summed E-state index contributed by atoms with van der Waals surface area (Å²) < 4.78 is 0. The van der Waals surface area contributed by atoms with Gasteiger partial charge in [-0.25, -0.2) is 20.0 Å². The van der Waals surface area contributed by atoms with E-state index in [0.717, 1.165) is 22.3 Å². The number of rotatable bonds is 0. The molecule has 0 N–H and O–H groups in total. The van der Waals surface area contributed by atoms with E-state index in [2.05, 4.69) is 29.9 Å². The highest BCUT2D eigenvalue weighted by molar-refractivity contribution is 5.98. The first kappa shape index (κ1) is 19.4. The lowest BCUT2D eigenvalue weighted by Gasteiger charge is -2.04. The number of pyridine rings is 2. The Balaban J connectivity index is 1.69. The fourth-order valence-corrected chi connectivity index (χ4v) is 3.21. The fourth-order valence-electron chi connectivity index (χ4n) is 3.21. The average molecular weight is 414 g/mol. The molecule has 1 aliphatic heterocycles. The first-order valence-electron chi connectivity index (χ1n) is 10.1. The summed E-state index contributed by atoms with van der Waals surface area (Å²) in [6.07, 6.45) is 10.6. The lowest BCUT2D eigenvalue weighted by atomic mass is 10.1. The van der Waals surface area contributed by atoms with E-state index in [0.29, 0.717) is 23.0 Å². The number of hydrogen-bond donors (Lipinski definition) is 0. The molecule has 152 valence electrons. The lowest BCUT2D eigenvalue weighted by Crippen LogP contribution is -1.93. The Morgan fingerprint density at radius 2 is 0.750 bits per heavy atom. The van der Waals surface area contributed by atoms with E-state index in [9.17, 15) is 0 Å². The van der Waals surface area contributed by atoms with Crippen molar-refractivity contribution < 1.29 is 0 Å². The van der Waals surface area contributed by atoms with Gasteiger partial charge in [-0.2, -0.15) is 0 Å². The van der Waals surface area contributed by atoms with Crippen molar-refractivity contribution in [2.24, 2.45) is 20.0 Å². The Kier molecular flexibility index (Phi) is 5.49. The summed E-state index contributed by atoms with van der Waals surface area (Å²) in [6.45, 7) is 0. The summed E-state index contributed by atoms with van der Waals surface area (Å²) in [5, 5.41) is 0. The highest BCUT2D eigenvalue weighted by Crippen LogP contribution is 2.26. The van der Waals surface area contributed by atoms with Gasteiger partial charge in [0.1, 0.15) is 11.4 Å². The molecule has 6 heteroatoms. The second-order valence-electron chi connectivity index (χ2n) is 6.98.